The lowest BCUT2D eigenvalue weighted by molar-refractivity contribution is 0.386. The molecule has 0 aromatic heterocycles. The van der Waals surface area contributed by atoms with E-state index in [-0.39, 0.29) is 0 Å². The first-order valence-electron chi connectivity index (χ1n) is 9.01. The lowest BCUT2D eigenvalue weighted by Gasteiger charge is -2.27. The van der Waals surface area contributed by atoms with E-state index in [2.05, 4.69) is 41.5 Å². The van der Waals surface area contributed by atoms with Gasteiger partial charge in [-0.3, -0.25) is 9.98 Å². The molecule has 0 spiro atoms. The van der Waals surface area contributed by atoms with Crippen LogP contribution in [0, 0.1) is 11.8 Å². The zero-order valence-electron chi connectivity index (χ0n) is 15.2. The van der Waals surface area contributed by atoms with E-state index >= 15 is 0 Å². The predicted octanol–water partition coefficient (Wildman–Crippen LogP) is 5.70. The van der Waals surface area contributed by atoms with Crippen LogP contribution in [0.1, 0.15) is 86.5 Å². The van der Waals surface area contributed by atoms with Crippen LogP contribution in [0.4, 0.5) is 0 Å². The second-order valence-electron chi connectivity index (χ2n) is 7.53. The Hall–Kier alpha value is -0.660. The van der Waals surface area contributed by atoms with Gasteiger partial charge in [0.2, 0.25) is 0 Å². The van der Waals surface area contributed by atoms with Crippen molar-refractivity contribution < 1.29 is 0 Å². The summed E-state index contributed by atoms with van der Waals surface area (Å²) in [7, 11) is 0. The van der Waals surface area contributed by atoms with E-state index in [1.807, 2.05) is 0 Å². The van der Waals surface area contributed by atoms with Gasteiger partial charge in [0.25, 0.3) is 0 Å². The van der Waals surface area contributed by atoms with Crippen LogP contribution in [0.5, 0.6) is 0 Å². The van der Waals surface area contributed by atoms with Crippen LogP contribution in [0.15, 0.2) is 9.98 Å². The molecule has 2 unspecified atom stereocenters. The van der Waals surface area contributed by atoms with Gasteiger partial charge in [0.1, 0.15) is 0 Å². The van der Waals surface area contributed by atoms with Crippen molar-refractivity contribution in [3.8, 4) is 0 Å². The molecule has 0 radical (unpaired) electrons. The smallest absolute Gasteiger partial charge is 0.0722 e. The highest BCUT2D eigenvalue weighted by Gasteiger charge is 2.24. The molecule has 0 N–H and O–H groups in total. The van der Waals surface area contributed by atoms with Gasteiger partial charge in [-0.2, -0.15) is 0 Å². The first-order valence-corrected chi connectivity index (χ1v) is 9.01. The molecule has 0 aromatic rings. The third-order valence-electron chi connectivity index (χ3n) is 4.18. The number of hydrogen-bond donors (Lipinski definition) is 0. The summed E-state index contributed by atoms with van der Waals surface area (Å²) in [6.07, 6.45) is 8.46. The van der Waals surface area contributed by atoms with E-state index in [0.717, 1.165) is 19.3 Å². The van der Waals surface area contributed by atoms with Crippen molar-refractivity contribution in [3.05, 3.63) is 0 Å². The summed E-state index contributed by atoms with van der Waals surface area (Å²) in [5.41, 5.74) is 2.72. The summed E-state index contributed by atoms with van der Waals surface area (Å²) in [4.78, 5) is 10.2. The highest BCUT2D eigenvalue weighted by atomic mass is 14.9. The molecule has 21 heavy (non-hydrogen) atoms. The van der Waals surface area contributed by atoms with Crippen molar-refractivity contribution in [3.63, 3.8) is 0 Å². The third kappa shape index (κ3) is 7.24. The zero-order chi connectivity index (χ0) is 15.8. The van der Waals surface area contributed by atoms with Crippen molar-refractivity contribution in [1.82, 2.24) is 0 Å². The van der Waals surface area contributed by atoms with Gasteiger partial charge >= 0.3 is 0 Å². The molecule has 2 atom stereocenters. The molecule has 1 fully saturated rings. The summed E-state index contributed by atoms with van der Waals surface area (Å²) in [5, 5.41) is 0. The van der Waals surface area contributed by atoms with E-state index in [1.54, 1.807) is 0 Å². The lowest BCUT2D eigenvalue weighted by atomic mass is 9.90. The molecular formula is C19H36N2. The molecule has 0 bridgehead atoms. The molecule has 0 amide bonds. The standard InChI is InChI=1S/C19H36N2/c1-7-17(13-15(4)5)21-19-11-9-8-10-18(19)20-16(6)12-14(2)3/h14-15,18-19H,7-13H2,1-6H3/b20-16-,21-17-. The Bertz CT molecular complexity index is 353. The van der Waals surface area contributed by atoms with Gasteiger partial charge in [-0.1, -0.05) is 47.5 Å². The monoisotopic (exact) mass is 292 g/mol. The molecule has 122 valence electrons. The minimum absolute atomic E-state index is 0.436. The molecule has 0 saturated heterocycles. The van der Waals surface area contributed by atoms with Gasteiger partial charge in [0.15, 0.2) is 0 Å². The molecule has 0 aromatic carbocycles. The molecule has 1 aliphatic rings. The fourth-order valence-corrected chi connectivity index (χ4v) is 3.31. The Morgan fingerprint density at radius 3 is 1.90 bits per heavy atom. The molecule has 2 nitrogen and oxygen atoms in total. The van der Waals surface area contributed by atoms with Crippen molar-refractivity contribution in [2.75, 3.05) is 0 Å². The summed E-state index contributed by atoms with van der Waals surface area (Å²) >= 11 is 0. The molecule has 2 heteroatoms. The maximum absolute atomic E-state index is 5.12. The SMILES string of the molecule is CC/C(CC(C)C)=N/C1CCCCC1/N=C(/C)CC(C)C. The van der Waals surface area contributed by atoms with Gasteiger partial charge in [-0.05, 0) is 50.9 Å². The summed E-state index contributed by atoms with van der Waals surface area (Å²) in [6.45, 7) is 13.6. The maximum atomic E-state index is 5.12. The maximum Gasteiger partial charge on any atom is 0.0722 e. The molecule has 0 aliphatic heterocycles. The second-order valence-corrected chi connectivity index (χ2v) is 7.53. The van der Waals surface area contributed by atoms with Gasteiger partial charge in [0, 0.05) is 11.4 Å². The Morgan fingerprint density at radius 2 is 1.43 bits per heavy atom. The van der Waals surface area contributed by atoms with Gasteiger partial charge in [-0.15, -0.1) is 0 Å². The van der Waals surface area contributed by atoms with Crippen LogP contribution in [0.3, 0.4) is 0 Å². The van der Waals surface area contributed by atoms with Crippen LogP contribution >= 0.6 is 0 Å². The number of nitrogens with zero attached hydrogens (tertiary/aromatic N) is 2. The van der Waals surface area contributed by atoms with Gasteiger partial charge in [-0.25, -0.2) is 0 Å². The molecule has 1 saturated carbocycles. The van der Waals surface area contributed by atoms with Crippen LogP contribution in [0.25, 0.3) is 0 Å². The van der Waals surface area contributed by atoms with E-state index in [1.165, 1.54) is 37.1 Å². The van der Waals surface area contributed by atoms with Crippen LogP contribution < -0.4 is 0 Å². The number of hydrogen-bond acceptors (Lipinski definition) is 2. The largest absolute Gasteiger partial charge is 0.289 e. The molecule has 1 aliphatic carbocycles. The fourth-order valence-electron chi connectivity index (χ4n) is 3.31. The van der Waals surface area contributed by atoms with E-state index < -0.39 is 0 Å². The fraction of sp³-hybridized carbons (Fsp3) is 0.895. The van der Waals surface area contributed by atoms with Crippen LogP contribution in [-0.2, 0) is 0 Å². The Balaban J connectivity index is 2.78. The molecular weight excluding hydrogens is 256 g/mol. The van der Waals surface area contributed by atoms with Crippen molar-refractivity contribution in [1.29, 1.82) is 0 Å². The Labute approximate surface area is 132 Å². The third-order valence-corrected chi connectivity index (χ3v) is 4.18. The predicted molar refractivity (Wildman–Crippen MR) is 95.8 cm³/mol. The van der Waals surface area contributed by atoms with E-state index in [4.69, 9.17) is 9.98 Å². The van der Waals surface area contributed by atoms with Crippen molar-refractivity contribution in [2.24, 2.45) is 21.8 Å². The quantitative estimate of drug-likeness (QED) is 0.538. The van der Waals surface area contributed by atoms with Gasteiger partial charge in [0.05, 0.1) is 12.1 Å². The van der Waals surface area contributed by atoms with Crippen molar-refractivity contribution in [2.45, 2.75) is 98.6 Å². The first-order chi connectivity index (χ1) is 9.92. The lowest BCUT2D eigenvalue weighted by Crippen LogP contribution is -2.29. The van der Waals surface area contributed by atoms with E-state index in [0.29, 0.717) is 23.9 Å². The summed E-state index contributed by atoms with van der Waals surface area (Å²) < 4.78 is 0. The van der Waals surface area contributed by atoms with Crippen LogP contribution in [-0.4, -0.2) is 23.5 Å². The average molecular weight is 293 g/mol. The highest BCUT2D eigenvalue weighted by molar-refractivity contribution is 5.85. The Kier molecular flexibility index (Phi) is 8.21. The van der Waals surface area contributed by atoms with Gasteiger partial charge < -0.3 is 0 Å². The minimum atomic E-state index is 0.436. The van der Waals surface area contributed by atoms with E-state index in [9.17, 15) is 0 Å². The second kappa shape index (κ2) is 9.38. The zero-order valence-corrected chi connectivity index (χ0v) is 15.2. The number of aliphatic imine (C=N–C) groups is 2. The minimum Gasteiger partial charge on any atom is -0.289 e. The normalized spacial score (nSPS) is 25.0. The molecule has 1 rings (SSSR count). The molecule has 0 heterocycles. The summed E-state index contributed by atoms with van der Waals surface area (Å²) in [6, 6.07) is 0.876. The topological polar surface area (TPSA) is 24.7 Å². The summed E-state index contributed by atoms with van der Waals surface area (Å²) in [5.74, 6) is 1.41. The van der Waals surface area contributed by atoms with Crippen LogP contribution in [0.2, 0.25) is 0 Å². The highest BCUT2D eigenvalue weighted by Crippen LogP contribution is 2.25. The number of rotatable bonds is 7. The van der Waals surface area contributed by atoms with Crippen molar-refractivity contribution >= 4 is 11.4 Å². The Morgan fingerprint density at radius 1 is 0.905 bits per heavy atom. The average Bonchev–Trinajstić information content (AvgIpc) is 2.38. The first kappa shape index (κ1) is 18.4.